The molecular weight excluding hydrogens is 328 g/mol. The summed E-state index contributed by atoms with van der Waals surface area (Å²) in [6.45, 7) is 7.47. The third-order valence-electron chi connectivity index (χ3n) is 4.17. The molecule has 7 nitrogen and oxygen atoms in total. The second-order valence-electron chi connectivity index (χ2n) is 6.08. The Morgan fingerprint density at radius 3 is 2.67 bits per heavy atom. The van der Waals surface area contributed by atoms with Crippen molar-refractivity contribution in [3.05, 3.63) is 35.0 Å². The first-order valence-corrected chi connectivity index (χ1v) is 8.39. The number of rotatable bonds is 4. The van der Waals surface area contributed by atoms with E-state index in [1.807, 2.05) is 17.0 Å². The number of nitrogens with one attached hydrogen (secondary N) is 2. The summed E-state index contributed by atoms with van der Waals surface area (Å²) in [5, 5.41) is 14.3. The van der Waals surface area contributed by atoms with Crippen LogP contribution in [0.25, 0.3) is 0 Å². The molecule has 8 heteroatoms. The first-order chi connectivity index (χ1) is 11.5. The number of aromatic amines is 1. The van der Waals surface area contributed by atoms with Crippen molar-refractivity contribution in [2.75, 3.05) is 31.5 Å². The molecule has 0 spiro atoms. The van der Waals surface area contributed by atoms with Gasteiger partial charge in [-0.25, -0.2) is 0 Å². The number of H-pyrrole nitrogens is 1. The number of carbonyl (C=O) groups excluding carboxylic acids is 1. The summed E-state index contributed by atoms with van der Waals surface area (Å²) in [5.74, 6) is 0.297. The minimum atomic E-state index is -0.114. The van der Waals surface area contributed by atoms with E-state index in [9.17, 15) is 4.79 Å². The van der Waals surface area contributed by atoms with Crippen LogP contribution in [0.3, 0.4) is 0 Å². The van der Waals surface area contributed by atoms with Crippen molar-refractivity contribution < 1.29 is 4.79 Å². The van der Waals surface area contributed by atoms with Gasteiger partial charge in [0.15, 0.2) is 11.5 Å². The number of amides is 1. The maximum atomic E-state index is 12.7. The lowest BCUT2D eigenvalue weighted by atomic mass is 10.2. The van der Waals surface area contributed by atoms with Gasteiger partial charge in [0.2, 0.25) is 0 Å². The van der Waals surface area contributed by atoms with Crippen molar-refractivity contribution in [2.24, 2.45) is 0 Å². The molecule has 1 amide bonds. The summed E-state index contributed by atoms with van der Waals surface area (Å²) in [6, 6.07) is 7.74. The summed E-state index contributed by atoms with van der Waals surface area (Å²) < 4.78 is 0. The molecule has 2 N–H and O–H groups in total. The van der Waals surface area contributed by atoms with Gasteiger partial charge in [0.25, 0.3) is 5.91 Å². The lowest BCUT2D eigenvalue weighted by molar-refractivity contribution is 0.0591. The van der Waals surface area contributed by atoms with Gasteiger partial charge < -0.3 is 10.2 Å². The number of piperazine rings is 1. The van der Waals surface area contributed by atoms with Gasteiger partial charge in [0.1, 0.15) is 0 Å². The molecule has 1 aromatic heterocycles. The number of benzene rings is 1. The van der Waals surface area contributed by atoms with Crippen LogP contribution in [0.4, 0.5) is 11.5 Å². The molecule has 1 aliphatic rings. The predicted molar refractivity (Wildman–Crippen MR) is 93.7 cm³/mol. The zero-order chi connectivity index (χ0) is 17.1. The van der Waals surface area contributed by atoms with Crippen LogP contribution < -0.4 is 5.32 Å². The Bertz CT molecular complexity index is 708. The molecule has 2 heterocycles. The van der Waals surface area contributed by atoms with E-state index in [4.69, 9.17) is 11.6 Å². The molecule has 0 atom stereocenters. The van der Waals surface area contributed by atoms with Crippen molar-refractivity contribution >= 4 is 29.0 Å². The van der Waals surface area contributed by atoms with E-state index in [-0.39, 0.29) is 5.91 Å². The fourth-order valence-electron chi connectivity index (χ4n) is 2.76. The third-order valence-corrected chi connectivity index (χ3v) is 4.40. The monoisotopic (exact) mass is 348 g/mol. The molecule has 2 aromatic rings. The first-order valence-electron chi connectivity index (χ1n) is 8.01. The van der Waals surface area contributed by atoms with Gasteiger partial charge >= 0.3 is 0 Å². The summed E-state index contributed by atoms with van der Waals surface area (Å²) in [4.78, 5) is 16.9. The molecule has 128 valence electrons. The number of anilines is 2. The third kappa shape index (κ3) is 3.68. The number of aromatic nitrogens is 3. The second-order valence-corrected chi connectivity index (χ2v) is 6.51. The Kier molecular flexibility index (Phi) is 5.01. The molecule has 1 saturated heterocycles. The van der Waals surface area contributed by atoms with Crippen LogP contribution in [0.15, 0.2) is 24.3 Å². The molecular formula is C16H21ClN6O. The zero-order valence-electron chi connectivity index (χ0n) is 13.8. The number of hydrogen-bond donors (Lipinski definition) is 2. The molecule has 0 aliphatic carbocycles. The van der Waals surface area contributed by atoms with Crippen molar-refractivity contribution in [1.82, 2.24) is 25.2 Å². The maximum Gasteiger partial charge on any atom is 0.278 e. The molecule has 0 saturated carbocycles. The van der Waals surface area contributed by atoms with Crippen molar-refractivity contribution in [1.29, 1.82) is 0 Å². The Balaban J connectivity index is 1.70. The standard InChI is InChI=1S/C16H21ClN6O/c1-11(2)22-6-8-23(9-7-22)16(24)14-15(20-21-19-14)18-13-5-3-4-12(17)10-13/h3-5,10-11H,6-9H2,1-2H3,(H2,18,19,20,21). The zero-order valence-corrected chi connectivity index (χ0v) is 14.5. The fraction of sp³-hybridized carbons (Fsp3) is 0.438. The van der Waals surface area contributed by atoms with Crippen molar-refractivity contribution in [3.63, 3.8) is 0 Å². The van der Waals surface area contributed by atoms with Crippen molar-refractivity contribution in [2.45, 2.75) is 19.9 Å². The van der Waals surface area contributed by atoms with Gasteiger partial charge in [-0.1, -0.05) is 17.7 Å². The highest BCUT2D eigenvalue weighted by atomic mass is 35.5. The van der Waals surface area contributed by atoms with Gasteiger partial charge in [0, 0.05) is 42.9 Å². The van der Waals surface area contributed by atoms with Crippen LogP contribution in [0.5, 0.6) is 0 Å². The Morgan fingerprint density at radius 1 is 1.25 bits per heavy atom. The van der Waals surface area contributed by atoms with Crippen LogP contribution in [-0.2, 0) is 0 Å². The van der Waals surface area contributed by atoms with E-state index < -0.39 is 0 Å². The molecule has 3 rings (SSSR count). The largest absolute Gasteiger partial charge is 0.337 e. The van der Waals surface area contributed by atoms with Gasteiger partial charge in [-0.2, -0.15) is 5.21 Å². The minimum absolute atomic E-state index is 0.114. The lowest BCUT2D eigenvalue weighted by Crippen LogP contribution is -2.50. The molecule has 24 heavy (non-hydrogen) atoms. The van der Waals surface area contributed by atoms with E-state index in [0.29, 0.717) is 35.7 Å². The highest BCUT2D eigenvalue weighted by Gasteiger charge is 2.27. The van der Waals surface area contributed by atoms with Crippen LogP contribution in [0, 0.1) is 0 Å². The van der Waals surface area contributed by atoms with Gasteiger partial charge in [-0.15, -0.1) is 10.2 Å². The topological polar surface area (TPSA) is 77.2 Å². The number of halogens is 1. The Labute approximate surface area is 146 Å². The van der Waals surface area contributed by atoms with Crippen molar-refractivity contribution in [3.8, 4) is 0 Å². The van der Waals surface area contributed by atoms with Crippen LogP contribution in [0.2, 0.25) is 5.02 Å². The van der Waals surface area contributed by atoms with Crippen LogP contribution >= 0.6 is 11.6 Å². The molecule has 1 aromatic carbocycles. The van der Waals surface area contributed by atoms with E-state index in [0.717, 1.165) is 18.8 Å². The molecule has 1 aliphatic heterocycles. The molecule has 0 unspecified atom stereocenters. The maximum absolute atomic E-state index is 12.7. The number of hydrogen-bond acceptors (Lipinski definition) is 5. The summed E-state index contributed by atoms with van der Waals surface area (Å²) >= 11 is 5.98. The number of carbonyl (C=O) groups is 1. The molecule has 0 bridgehead atoms. The smallest absolute Gasteiger partial charge is 0.278 e. The Hall–Kier alpha value is -2.12. The predicted octanol–water partition coefficient (Wildman–Crippen LogP) is 2.37. The highest BCUT2D eigenvalue weighted by molar-refractivity contribution is 6.30. The average molecular weight is 349 g/mol. The minimum Gasteiger partial charge on any atom is -0.337 e. The van der Waals surface area contributed by atoms with E-state index in [1.54, 1.807) is 12.1 Å². The number of nitrogens with zero attached hydrogens (tertiary/aromatic N) is 4. The average Bonchev–Trinajstić information content (AvgIpc) is 3.02. The van der Waals surface area contributed by atoms with Crippen LogP contribution in [0.1, 0.15) is 24.3 Å². The van der Waals surface area contributed by atoms with E-state index in [2.05, 4.69) is 39.5 Å². The fourth-order valence-corrected chi connectivity index (χ4v) is 2.95. The SMILES string of the molecule is CC(C)N1CCN(C(=O)c2n[nH]nc2Nc2cccc(Cl)c2)CC1. The molecule has 1 fully saturated rings. The normalized spacial score (nSPS) is 15.8. The van der Waals surface area contributed by atoms with Gasteiger partial charge in [-0.05, 0) is 32.0 Å². The van der Waals surface area contributed by atoms with Crippen LogP contribution in [-0.4, -0.2) is 63.3 Å². The van der Waals surface area contributed by atoms with E-state index >= 15 is 0 Å². The summed E-state index contributed by atoms with van der Waals surface area (Å²) in [6.07, 6.45) is 0. The van der Waals surface area contributed by atoms with Gasteiger partial charge in [0.05, 0.1) is 0 Å². The lowest BCUT2D eigenvalue weighted by Gasteiger charge is -2.36. The Morgan fingerprint density at radius 2 is 2.00 bits per heavy atom. The summed E-state index contributed by atoms with van der Waals surface area (Å²) in [7, 11) is 0. The van der Waals surface area contributed by atoms with E-state index in [1.165, 1.54) is 0 Å². The highest BCUT2D eigenvalue weighted by Crippen LogP contribution is 2.21. The quantitative estimate of drug-likeness (QED) is 0.887. The van der Waals surface area contributed by atoms with Gasteiger partial charge in [-0.3, -0.25) is 9.69 Å². The molecule has 0 radical (unpaired) electrons. The first kappa shape index (κ1) is 16.7. The summed E-state index contributed by atoms with van der Waals surface area (Å²) in [5.41, 5.74) is 1.06. The second kappa shape index (κ2) is 7.19.